The Bertz CT molecular complexity index is 717. The van der Waals surface area contributed by atoms with Crippen LogP contribution in [0.1, 0.15) is 33.6 Å². The van der Waals surface area contributed by atoms with Crippen molar-refractivity contribution in [3.63, 3.8) is 0 Å². The molecule has 0 atom stereocenters. The molecule has 0 saturated carbocycles. The van der Waals surface area contributed by atoms with E-state index in [1.807, 2.05) is 34.9 Å². The molecule has 2 N–H and O–H groups in total. The van der Waals surface area contributed by atoms with Gasteiger partial charge in [-0.25, -0.2) is 0 Å². The van der Waals surface area contributed by atoms with E-state index in [9.17, 15) is 9.59 Å². The molecule has 4 nitrogen and oxygen atoms in total. The van der Waals surface area contributed by atoms with Gasteiger partial charge in [-0.3, -0.25) is 9.59 Å². The summed E-state index contributed by atoms with van der Waals surface area (Å²) in [4.78, 5) is 23.6. The summed E-state index contributed by atoms with van der Waals surface area (Å²) in [5.74, 6) is -0.647. The molecule has 1 aliphatic carbocycles. The number of aromatic nitrogens is 1. The lowest BCUT2D eigenvalue weighted by atomic mass is 10.1. The fraction of sp³-hybridized carbons (Fsp3) is 0.250. The zero-order valence-corrected chi connectivity index (χ0v) is 11.1. The van der Waals surface area contributed by atoms with Gasteiger partial charge in [-0.2, -0.15) is 0 Å². The Morgan fingerprint density at radius 2 is 1.95 bits per heavy atom. The van der Waals surface area contributed by atoms with Crippen molar-refractivity contribution >= 4 is 5.91 Å². The third-order valence-corrected chi connectivity index (χ3v) is 3.80. The van der Waals surface area contributed by atoms with Gasteiger partial charge in [0.15, 0.2) is 5.43 Å². The van der Waals surface area contributed by atoms with Crippen molar-refractivity contribution < 1.29 is 4.79 Å². The van der Waals surface area contributed by atoms with E-state index >= 15 is 0 Å². The maximum absolute atomic E-state index is 12.2. The fourth-order valence-corrected chi connectivity index (χ4v) is 2.84. The van der Waals surface area contributed by atoms with Crippen molar-refractivity contribution in [2.75, 3.05) is 0 Å². The van der Waals surface area contributed by atoms with Gasteiger partial charge in [-0.15, -0.1) is 0 Å². The molecule has 0 spiro atoms. The number of nitrogens with two attached hydrogens (primary N) is 1. The highest BCUT2D eigenvalue weighted by Gasteiger charge is 2.22. The monoisotopic (exact) mass is 268 g/mol. The van der Waals surface area contributed by atoms with E-state index in [1.54, 1.807) is 6.20 Å². The molecule has 0 saturated heterocycles. The van der Waals surface area contributed by atoms with Gasteiger partial charge in [-0.1, -0.05) is 30.3 Å². The molecule has 1 aliphatic rings. The predicted octanol–water partition coefficient (Wildman–Crippen LogP) is 1.48. The molecule has 1 amide bonds. The van der Waals surface area contributed by atoms with Crippen molar-refractivity contribution in [3.8, 4) is 0 Å². The first kappa shape index (κ1) is 12.7. The van der Waals surface area contributed by atoms with Crippen LogP contribution in [-0.4, -0.2) is 10.5 Å². The highest BCUT2D eigenvalue weighted by Crippen LogP contribution is 2.20. The van der Waals surface area contributed by atoms with E-state index in [2.05, 4.69) is 0 Å². The van der Waals surface area contributed by atoms with Crippen LogP contribution >= 0.6 is 0 Å². The van der Waals surface area contributed by atoms with Crippen LogP contribution in [0.2, 0.25) is 0 Å². The van der Waals surface area contributed by atoms with Crippen LogP contribution in [-0.2, 0) is 19.4 Å². The molecule has 3 rings (SSSR count). The van der Waals surface area contributed by atoms with Gasteiger partial charge in [0, 0.05) is 24.0 Å². The van der Waals surface area contributed by atoms with E-state index in [0.29, 0.717) is 6.54 Å². The summed E-state index contributed by atoms with van der Waals surface area (Å²) in [6.07, 6.45) is 4.20. The number of hydrogen-bond donors (Lipinski definition) is 1. The smallest absolute Gasteiger partial charge is 0.254 e. The summed E-state index contributed by atoms with van der Waals surface area (Å²) in [5, 5.41) is 0. The molecule has 0 radical (unpaired) electrons. The van der Waals surface area contributed by atoms with Gasteiger partial charge in [0.05, 0.1) is 0 Å². The molecule has 4 heteroatoms. The zero-order chi connectivity index (χ0) is 14.1. The number of amides is 1. The van der Waals surface area contributed by atoms with E-state index < -0.39 is 5.91 Å². The Kier molecular flexibility index (Phi) is 3.14. The van der Waals surface area contributed by atoms with Gasteiger partial charge in [0.25, 0.3) is 5.91 Å². The Balaban J connectivity index is 2.11. The molecule has 0 unspecified atom stereocenters. The second-order valence-electron chi connectivity index (χ2n) is 5.13. The predicted molar refractivity (Wildman–Crippen MR) is 76.8 cm³/mol. The Labute approximate surface area is 116 Å². The number of fused-ring (bicyclic) bond motifs is 1. The topological polar surface area (TPSA) is 65.1 Å². The van der Waals surface area contributed by atoms with Crippen molar-refractivity contribution in [2.45, 2.75) is 25.8 Å². The number of benzene rings is 1. The minimum Gasteiger partial charge on any atom is -0.365 e. The summed E-state index contributed by atoms with van der Waals surface area (Å²) < 4.78 is 2.00. The number of primary amides is 1. The van der Waals surface area contributed by atoms with E-state index in [0.717, 1.165) is 36.1 Å². The number of hydrogen-bond acceptors (Lipinski definition) is 2. The van der Waals surface area contributed by atoms with Crippen LogP contribution in [0.5, 0.6) is 0 Å². The molecular formula is C16H16N2O2. The van der Waals surface area contributed by atoms with E-state index in [-0.39, 0.29) is 11.0 Å². The summed E-state index contributed by atoms with van der Waals surface area (Å²) >= 11 is 0. The summed E-state index contributed by atoms with van der Waals surface area (Å²) in [6.45, 7) is 0.656. The molecule has 2 aromatic rings. The third kappa shape index (κ3) is 2.13. The van der Waals surface area contributed by atoms with Gasteiger partial charge in [-0.05, 0) is 24.8 Å². The van der Waals surface area contributed by atoms with Crippen molar-refractivity contribution in [2.24, 2.45) is 5.73 Å². The highest BCUT2D eigenvalue weighted by molar-refractivity contribution is 5.92. The number of carbonyl (C=O) groups is 1. The van der Waals surface area contributed by atoms with Crippen LogP contribution in [0.15, 0.2) is 41.3 Å². The SMILES string of the molecule is NC(=O)c1cn(Cc2ccccc2)c2c(c1=O)CCC2. The first-order valence-corrected chi connectivity index (χ1v) is 6.75. The second-order valence-corrected chi connectivity index (χ2v) is 5.13. The van der Waals surface area contributed by atoms with Crippen LogP contribution in [0.4, 0.5) is 0 Å². The van der Waals surface area contributed by atoms with Gasteiger partial charge < -0.3 is 10.3 Å². The van der Waals surface area contributed by atoms with Crippen LogP contribution in [0.25, 0.3) is 0 Å². The Hall–Kier alpha value is -2.36. The second kappa shape index (κ2) is 4.96. The third-order valence-electron chi connectivity index (χ3n) is 3.80. The standard InChI is InChI=1S/C16H16N2O2/c17-16(20)13-10-18(9-11-5-2-1-3-6-11)14-8-4-7-12(14)15(13)19/h1-3,5-6,10H,4,7-9H2,(H2,17,20). The van der Waals surface area contributed by atoms with Crippen LogP contribution < -0.4 is 11.2 Å². The maximum atomic E-state index is 12.2. The molecule has 102 valence electrons. The first-order chi connectivity index (χ1) is 9.66. The van der Waals surface area contributed by atoms with Gasteiger partial charge >= 0.3 is 0 Å². The average molecular weight is 268 g/mol. The highest BCUT2D eigenvalue weighted by atomic mass is 16.2. The largest absolute Gasteiger partial charge is 0.365 e. The number of rotatable bonds is 3. The van der Waals surface area contributed by atoms with Gasteiger partial charge in [0.2, 0.25) is 0 Å². The van der Waals surface area contributed by atoms with Crippen molar-refractivity contribution in [1.82, 2.24) is 4.57 Å². The lowest BCUT2D eigenvalue weighted by molar-refractivity contribution is 0.0998. The van der Waals surface area contributed by atoms with Crippen molar-refractivity contribution in [1.29, 1.82) is 0 Å². The fourth-order valence-electron chi connectivity index (χ4n) is 2.84. The minimum atomic E-state index is -0.647. The molecule has 1 aromatic carbocycles. The number of carbonyl (C=O) groups excluding carboxylic acids is 1. The Morgan fingerprint density at radius 1 is 1.20 bits per heavy atom. The Morgan fingerprint density at radius 3 is 2.65 bits per heavy atom. The molecule has 0 aliphatic heterocycles. The molecule has 1 aromatic heterocycles. The molecule has 1 heterocycles. The molecule has 0 bridgehead atoms. The molecular weight excluding hydrogens is 252 g/mol. The maximum Gasteiger partial charge on any atom is 0.254 e. The van der Waals surface area contributed by atoms with Crippen LogP contribution in [0, 0.1) is 0 Å². The normalized spacial score (nSPS) is 13.2. The summed E-state index contributed by atoms with van der Waals surface area (Å²) in [6, 6.07) is 9.99. The van der Waals surface area contributed by atoms with E-state index in [4.69, 9.17) is 5.73 Å². The average Bonchev–Trinajstić information content (AvgIpc) is 2.93. The number of nitrogens with zero attached hydrogens (tertiary/aromatic N) is 1. The van der Waals surface area contributed by atoms with Crippen LogP contribution in [0.3, 0.4) is 0 Å². The zero-order valence-electron chi connectivity index (χ0n) is 11.1. The van der Waals surface area contributed by atoms with E-state index in [1.165, 1.54) is 0 Å². The summed E-state index contributed by atoms with van der Waals surface area (Å²) in [7, 11) is 0. The molecule has 20 heavy (non-hydrogen) atoms. The summed E-state index contributed by atoms with van der Waals surface area (Å²) in [5.41, 5.74) is 8.18. The lowest BCUT2D eigenvalue weighted by Gasteiger charge is -2.14. The quantitative estimate of drug-likeness (QED) is 0.916. The molecule has 0 fully saturated rings. The number of pyridine rings is 1. The minimum absolute atomic E-state index is 0.0987. The van der Waals surface area contributed by atoms with Crippen molar-refractivity contribution in [3.05, 3.63) is 69.1 Å². The van der Waals surface area contributed by atoms with Gasteiger partial charge in [0.1, 0.15) is 5.56 Å². The lowest BCUT2D eigenvalue weighted by Crippen LogP contribution is -2.27. The first-order valence-electron chi connectivity index (χ1n) is 6.75.